The predicted molar refractivity (Wildman–Crippen MR) is 166 cm³/mol. The molecule has 0 radical (unpaired) electrons. The fourth-order valence-corrected chi connectivity index (χ4v) is 5.98. The topological polar surface area (TPSA) is 22.2 Å². The maximum atomic E-state index is 4.62. The average Bonchev–Trinajstić information content (AvgIpc) is 3.52. The normalized spacial score (nSPS) is 12.0. The summed E-state index contributed by atoms with van der Waals surface area (Å²) in [5.74, 6) is 0. The molecule has 7 aromatic rings. The van der Waals surface area contributed by atoms with Crippen molar-refractivity contribution in [3.8, 4) is 11.4 Å². The number of benzene rings is 5. The van der Waals surface area contributed by atoms with Gasteiger partial charge in [0.1, 0.15) is 0 Å². The highest BCUT2D eigenvalue weighted by Crippen LogP contribution is 2.44. The lowest BCUT2D eigenvalue weighted by Crippen LogP contribution is -2.03. The number of allylic oxidation sites excluding steroid dienone is 1. The first-order valence-corrected chi connectivity index (χ1v) is 13.2. The summed E-state index contributed by atoms with van der Waals surface area (Å²) in [5.41, 5.74) is 9.90. The minimum absolute atomic E-state index is 0.891. The summed E-state index contributed by atoms with van der Waals surface area (Å²) in [4.78, 5) is 4.62. The SMILES string of the molecule is C=Nc1c(/C(=C\C)c2cccc3c4ccccc4n(-c4ccccc4)c23)n(-c2ccccc2)c2ccccc12. The quantitative estimate of drug-likeness (QED) is 0.210. The van der Waals surface area contributed by atoms with Gasteiger partial charge in [0, 0.05) is 38.7 Å². The molecule has 186 valence electrons. The van der Waals surface area contributed by atoms with E-state index in [0.29, 0.717) is 0 Å². The smallest absolute Gasteiger partial charge is 0.0962 e. The highest BCUT2D eigenvalue weighted by Gasteiger charge is 2.24. The van der Waals surface area contributed by atoms with Crippen LogP contribution in [0.5, 0.6) is 0 Å². The second-order valence-electron chi connectivity index (χ2n) is 9.64. The fourth-order valence-electron chi connectivity index (χ4n) is 5.98. The predicted octanol–water partition coefficient (Wildman–Crippen LogP) is 9.51. The summed E-state index contributed by atoms with van der Waals surface area (Å²) in [7, 11) is 0. The summed E-state index contributed by atoms with van der Waals surface area (Å²) in [6.45, 7) is 6.14. The van der Waals surface area contributed by atoms with Crippen molar-refractivity contribution < 1.29 is 0 Å². The third-order valence-electron chi connectivity index (χ3n) is 7.56. The van der Waals surface area contributed by atoms with E-state index < -0.39 is 0 Å². The van der Waals surface area contributed by atoms with Gasteiger partial charge in [-0.3, -0.25) is 4.99 Å². The molecule has 0 atom stereocenters. The Morgan fingerprint density at radius 3 is 1.77 bits per heavy atom. The number of rotatable bonds is 5. The van der Waals surface area contributed by atoms with Crippen molar-refractivity contribution in [2.45, 2.75) is 6.92 Å². The van der Waals surface area contributed by atoms with Crippen LogP contribution in [0, 0.1) is 0 Å². The van der Waals surface area contributed by atoms with E-state index in [2.05, 4.69) is 161 Å². The van der Waals surface area contributed by atoms with Crippen LogP contribution in [0.4, 0.5) is 5.69 Å². The molecule has 39 heavy (non-hydrogen) atoms. The van der Waals surface area contributed by atoms with Gasteiger partial charge in [0.15, 0.2) is 0 Å². The second-order valence-corrected chi connectivity index (χ2v) is 9.64. The molecule has 7 rings (SSSR count). The Labute approximate surface area is 227 Å². The molecule has 0 aliphatic carbocycles. The number of hydrogen-bond acceptors (Lipinski definition) is 1. The zero-order chi connectivity index (χ0) is 26.3. The monoisotopic (exact) mass is 501 g/mol. The van der Waals surface area contributed by atoms with Gasteiger partial charge < -0.3 is 9.13 Å². The van der Waals surface area contributed by atoms with Crippen LogP contribution < -0.4 is 0 Å². The summed E-state index contributed by atoms with van der Waals surface area (Å²) < 4.78 is 4.71. The highest BCUT2D eigenvalue weighted by molar-refractivity contribution is 6.14. The zero-order valence-electron chi connectivity index (χ0n) is 21.8. The van der Waals surface area contributed by atoms with Crippen LogP contribution in [-0.2, 0) is 0 Å². The largest absolute Gasteiger partial charge is 0.309 e. The molecule has 0 fully saturated rings. The molecule has 3 heteroatoms. The molecule has 0 aliphatic rings. The van der Waals surface area contributed by atoms with Crippen LogP contribution in [-0.4, -0.2) is 15.9 Å². The van der Waals surface area contributed by atoms with E-state index in [1.54, 1.807) is 0 Å². The van der Waals surface area contributed by atoms with Gasteiger partial charge in [-0.15, -0.1) is 0 Å². The third kappa shape index (κ3) is 3.48. The molecule has 0 amide bonds. The lowest BCUT2D eigenvalue weighted by molar-refractivity contribution is 1.09. The number of aromatic nitrogens is 2. The molecule has 0 aliphatic heterocycles. The Bertz CT molecular complexity index is 2020. The van der Waals surface area contributed by atoms with Gasteiger partial charge in [-0.1, -0.05) is 97.1 Å². The second kappa shape index (κ2) is 9.30. The zero-order valence-corrected chi connectivity index (χ0v) is 21.8. The maximum Gasteiger partial charge on any atom is 0.0962 e. The number of aliphatic imine (C=N–C) groups is 1. The van der Waals surface area contributed by atoms with Crippen molar-refractivity contribution in [1.29, 1.82) is 0 Å². The van der Waals surface area contributed by atoms with Gasteiger partial charge in [0.25, 0.3) is 0 Å². The summed E-state index contributed by atoms with van der Waals surface area (Å²) in [6.07, 6.45) is 2.21. The molecule has 2 aromatic heterocycles. The Morgan fingerprint density at radius 2 is 1.13 bits per heavy atom. The minimum atomic E-state index is 0.891. The van der Waals surface area contributed by atoms with Gasteiger partial charge in [-0.2, -0.15) is 0 Å². The molecular weight excluding hydrogens is 474 g/mol. The summed E-state index contributed by atoms with van der Waals surface area (Å²) in [6, 6.07) is 44.9. The van der Waals surface area contributed by atoms with Crippen LogP contribution in [0.1, 0.15) is 18.2 Å². The van der Waals surface area contributed by atoms with Crippen LogP contribution in [0.15, 0.2) is 138 Å². The van der Waals surface area contributed by atoms with E-state index in [4.69, 9.17) is 0 Å². The Balaban J connectivity index is 1.63. The molecule has 5 aromatic carbocycles. The van der Waals surface area contributed by atoms with E-state index in [1.807, 2.05) is 0 Å². The van der Waals surface area contributed by atoms with E-state index in [0.717, 1.165) is 44.8 Å². The van der Waals surface area contributed by atoms with Crippen molar-refractivity contribution in [2.24, 2.45) is 4.99 Å². The molecular formula is C36H27N3. The first-order valence-electron chi connectivity index (χ1n) is 13.2. The minimum Gasteiger partial charge on any atom is -0.309 e. The molecule has 0 unspecified atom stereocenters. The Hall–Kier alpha value is -5.15. The molecule has 0 bridgehead atoms. The number of nitrogens with zero attached hydrogens (tertiary/aromatic N) is 3. The number of fused-ring (bicyclic) bond motifs is 4. The molecule has 2 heterocycles. The lowest BCUT2D eigenvalue weighted by atomic mass is 9.97. The molecule has 0 saturated carbocycles. The fraction of sp³-hybridized carbons (Fsp3) is 0.0278. The van der Waals surface area contributed by atoms with Gasteiger partial charge in [-0.25, -0.2) is 0 Å². The molecule has 3 nitrogen and oxygen atoms in total. The van der Waals surface area contributed by atoms with E-state index in [-0.39, 0.29) is 0 Å². The molecule has 0 N–H and O–H groups in total. The standard InChI is InChI=1S/C36H27N3/c1-3-27(36-34(37-2)31-20-11-13-24-33(31)39(36)26-17-8-5-9-18-26)29-21-14-22-30-28-19-10-12-23-32(28)38(35(29)30)25-15-6-4-7-16-25/h3-24H,2H2,1H3/b27-3-. The Morgan fingerprint density at radius 1 is 0.590 bits per heavy atom. The summed E-state index contributed by atoms with van der Waals surface area (Å²) in [5, 5.41) is 3.54. The van der Waals surface area contributed by atoms with Crippen molar-refractivity contribution in [3.63, 3.8) is 0 Å². The van der Waals surface area contributed by atoms with E-state index >= 15 is 0 Å². The first kappa shape index (κ1) is 23.0. The Kier molecular flexibility index (Phi) is 5.49. The van der Waals surface area contributed by atoms with Crippen LogP contribution >= 0.6 is 0 Å². The molecule has 0 saturated heterocycles. The molecule has 0 spiro atoms. The van der Waals surface area contributed by atoms with Gasteiger partial charge in [0.2, 0.25) is 0 Å². The van der Waals surface area contributed by atoms with Gasteiger partial charge in [0.05, 0.1) is 27.9 Å². The van der Waals surface area contributed by atoms with Crippen molar-refractivity contribution >= 4 is 50.7 Å². The highest BCUT2D eigenvalue weighted by atomic mass is 15.0. The maximum absolute atomic E-state index is 4.62. The van der Waals surface area contributed by atoms with Crippen molar-refractivity contribution in [3.05, 3.63) is 145 Å². The number of para-hydroxylation sites is 5. The van der Waals surface area contributed by atoms with E-state index in [9.17, 15) is 0 Å². The first-order chi connectivity index (χ1) is 19.3. The summed E-state index contributed by atoms with van der Waals surface area (Å²) >= 11 is 0. The third-order valence-corrected chi connectivity index (χ3v) is 7.56. The van der Waals surface area contributed by atoms with Crippen LogP contribution in [0.25, 0.3) is 49.7 Å². The number of hydrogen-bond donors (Lipinski definition) is 0. The van der Waals surface area contributed by atoms with E-state index in [1.165, 1.54) is 21.8 Å². The van der Waals surface area contributed by atoms with Gasteiger partial charge >= 0.3 is 0 Å². The van der Waals surface area contributed by atoms with Crippen molar-refractivity contribution in [1.82, 2.24) is 9.13 Å². The van der Waals surface area contributed by atoms with Crippen molar-refractivity contribution in [2.75, 3.05) is 0 Å². The van der Waals surface area contributed by atoms with Crippen LogP contribution in [0.2, 0.25) is 0 Å². The average molecular weight is 502 g/mol. The lowest BCUT2D eigenvalue weighted by Gasteiger charge is -2.17. The van der Waals surface area contributed by atoms with Crippen LogP contribution in [0.3, 0.4) is 0 Å². The van der Waals surface area contributed by atoms with Gasteiger partial charge in [-0.05, 0) is 50.0 Å².